The van der Waals surface area contributed by atoms with Gasteiger partial charge in [0, 0.05) is 0 Å². The molecule has 182 valence electrons. The van der Waals surface area contributed by atoms with Crippen LogP contribution in [0, 0.1) is 0 Å². The van der Waals surface area contributed by atoms with Gasteiger partial charge in [0.25, 0.3) is 0 Å². The standard InChI is InChI=1S/C9H12N2O3.C8H10N2O3.I5/c1-13-8-5(9(12)14-2)3-4-6(10)7(8)11;1-13-7-4(8(11)12)2-3-5(9)6(7)10;1-4-5(2)3/h3-4H,10-11H2,1-2H3;2-3H,9-10H2,1H3,(H,11,12);/q;;-1. The number of benzene rings is 2. The summed E-state index contributed by atoms with van der Waals surface area (Å²) in [5.74, 6) is -1.25. The molecule has 0 heterocycles. The van der Waals surface area contributed by atoms with Gasteiger partial charge in [-0.3, -0.25) is 0 Å². The number of carbonyl (C=O) groups is 2. The van der Waals surface area contributed by atoms with E-state index < -0.39 is 11.9 Å². The molecule has 9 N–H and O–H groups in total. The Morgan fingerprint density at radius 2 is 1.25 bits per heavy atom. The number of halogens is 5. The summed E-state index contributed by atoms with van der Waals surface area (Å²) in [5.41, 5.74) is 23.5. The Morgan fingerprint density at radius 3 is 1.56 bits per heavy atom. The van der Waals surface area contributed by atoms with Gasteiger partial charge < -0.3 is 42.3 Å². The van der Waals surface area contributed by atoms with Crippen LogP contribution in [0.3, 0.4) is 0 Å². The zero-order valence-electron chi connectivity index (χ0n) is 17.0. The third-order valence-corrected chi connectivity index (χ3v) is 86.2. The first-order valence-electron chi connectivity index (χ1n) is 8.02. The van der Waals surface area contributed by atoms with Crippen molar-refractivity contribution in [3.8, 4) is 11.5 Å². The van der Waals surface area contributed by atoms with E-state index in [1.807, 2.05) is 0 Å². The second kappa shape index (κ2) is 16.5. The Labute approximate surface area is 228 Å². The van der Waals surface area contributed by atoms with E-state index in [0.717, 1.165) is 0 Å². The number of carbonyl (C=O) groups excluding carboxylic acids is 1. The van der Waals surface area contributed by atoms with Gasteiger partial charge in [0.05, 0.1) is 44.1 Å². The average molecular weight is 1010 g/mol. The fourth-order valence-corrected chi connectivity index (χ4v) is 2.11. The number of carboxylic acid groups (broad SMARTS) is 1. The van der Waals surface area contributed by atoms with Gasteiger partial charge in [-0.15, -0.1) is 0 Å². The van der Waals surface area contributed by atoms with Gasteiger partial charge >= 0.3 is 88.9 Å². The van der Waals surface area contributed by atoms with Gasteiger partial charge in [0.1, 0.15) is 11.1 Å². The fourth-order valence-electron chi connectivity index (χ4n) is 2.11. The summed E-state index contributed by atoms with van der Waals surface area (Å²) in [6.45, 7) is 0. The quantitative estimate of drug-likeness (QED) is 0.168. The van der Waals surface area contributed by atoms with Crippen LogP contribution in [0.1, 0.15) is 20.7 Å². The molecule has 0 unspecified atom stereocenters. The molecule has 0 aliphatic rings. The number of aromatic carboxylic acids is 1. The molecule has 0 saturated heterocycles. The predicted octanol–water partition coefficient (Wildman–Crippen LogP) is 1.75. The molecule has 10 nitrogen and oxygen atoms in total. The number of hydrogen-bond donors (Lipinski definition) is 5. The van der Waals surface area contributed by atoms with Crippen molar-refractivity contribution in [2.75, 3.05) is 44.3 Å². The number of methoxy groups -OCH3 is 3. The van der Waals surface area contributed by atoms with E-state index in [0.29, 0.717) is 24.6 Å². The molecular formula is C17H22I5N4O6-. The summed E-state index contributed by atoms with van der Waals surface area (Å²) in [5, 5.41) is 8.74. The minimum absolute atomic E-state index is 0.00852. The number of nitrogens with two attached hydrogens (primary N) is 4. The molecule has 2 aromatic rings. The van der Waals surface area contributed by atoms with Crippen molar-refractivity contribution >= 4 is 98.4 Å². The maximum atomic E-state index is 11.3. The van der Waals surface area contributed by atoms with E-state index in [2.05, 4.69) is 60.6 Å². The van der Waals surface area contributed by atoms with Crippen molar-refractivity contribution in [2.24, 2.45) is 0 Å². The predicted molar refractivity (Wildman–Crippen MR) is 158 cm³/mol. The summed E-state index contributed by atoms with van der Waals surface area (Å²) >= 11 is 8.37. The van der Waals surface area contributed by atoms with E-state index in [1.54, 1.807) is 0 Å². The van der Waals surface area contributed by atoms with Crippen LogP contribution in [-0.2, 0) is 4.74 Å². The van der Waals surface area contributed by atoms with Gasteiger partial charge in [-0.2, -0.15) is 0 Å². The number of carboxylic acids is 1. The normalized spacial score (nSPS) is 10.0. The first kappa shape index (κ1) is 31.8. The Balaban J connectivity index is 0.000000499. The molecule has 15 heteroatoms. The molecule has 2 rings (SSSR count). The minimum atomic E-state index is -1.09. The van der Waals surface area contributed by atoms with E-state index in [-0.39, 0.29) is 41.9 Å². The molecule has 2 aromatic carbocycles. The maximum absolute atomic E-state index is 11.3. The van der Waals surface area contributed by atoms with Gasteiger partial charge in [0.15, 0.2) is 11.5 Å². The van der Waals surface area contributed by atoms with Crippen LogP contribution >= 0.6 is 63.7 Å². The average Bonchev–Trinajstić information content (AvgIpc) is 2.77. The van der Waals surface area contributed by atoms with Crippen LogP contribution in [-0.4, -0.2) is 38.4 Å². The number of ether oxygens (including phenoxy) is 3. The molecular weight excluding hydrogens is 991 g/mol. The summed E-state index contributed by atoms with van der Waals surface area (Å²) in [7, 11) is 3.80. The van der Waals surface area contributed by atoms with Crippen molar-refractivity contribution in [3.63, 3.8) is 0 Å². The zero-order valence-corrected chi connectivity index (χ0v) is 27.8. The van der Waals surface area contributed by atoms with E-state index >= 15 is 0 Å². The second-order valence-corrected chi connectivity index (χ2v) is 70.3. The molecule has 0 aliphatic heterocycles. The molecule has 0 aromatic heterocycles. The molecule has 0 aliphatic carbocycles. The van der Waals surface area contributed by atoms with E-state index in [4.69, 9.17) is 37.5 Å². The zero-order chi connectivity index (χ0) is 25.0. The van der Waals surface area contributed by atoms with Crippen LogP contribution in [0.5, 0.6) is 11.5 Å². The monoisotopic (exact) mass is 1010 g/mol. The van der Waals surface area contributed by atoms with Crippen LogP contribution in [0.2, 0.25) is 0 Å². The van der Waals surface area contributed by atoms with Crippen molar-refractivity contribution < 1.29 is 42.2 Å². The Bertz CT molecular complexity index is 933. The summed E-state index contributed by atoms with van der Waals surface area (Å²) in [4.78, 5) is 21.9. The van der Waals surface area contributed by atoms with Crippen molar-refractivity contribution in [3.05, 3.63) is 35.4 Å². The molecule has 0 spiro atoms. The number of rotatable bonds is 5. The first-order chi connectivity index (χ1) is 15.0. The van der Waals surface area contributed by atoms with Gasteiger partial charge in [-0.25, -0.2) is 9.59 Å². The third-order valence-electron chi connectivity index (χ3n) is 3.54. The number of nitrogen functional groups attached to an aromatic ring is 4. The van der Waals surface area contributed by atoms with Crippen LogP contribution in [0.4, 0.5) is 22.7 Å². The molecule has 0 bridgehead atoms. The van der Waals surface area contributed by atoms with Crippen molar-refractivity contribution in [1.29, 1.82) is 0 Å². The topological polar surface area (TPSA) is 186 Å². The molecule has 0 saturated carbocycles. The molecule has 0 atom stereocenters. The van der Waals surface area contributed by atoms with Crippen molar-refractivity contribution in [1.82, 2.24) is 0 Å². The van der Waals surface area contributed by atoms with Crippen LogP contribution < -0.4 is 45.7 Å². The van der Waals surface area contributed by atoms with E-state index in [1.165, 1.54) is 45.6 Å². The third kappa shape index (κ3) is 9.99. The Morgan fingerprint density at radius 1 is 0.875 bits per heavy atom. The summed E-state index contributed by atoms with van der Waals surface area (Å²) in [6.07, 6.45) is 0. The summed E-state index contributed by atoms with van der Waals surface area (Å²) < 4.78 is 14.4. The van der Waals surface area contributed by atoms with Gasteiger partial charge in [-0.05, 0) is 24.3 Å². The summed E-state index contributed by atoms with van der Waals surface area (Å²) in [6, 6.07) is 5.83. The van der Waals surface area contributed by atoms with Gasteiger partial charge in [-0.1, -0.05) is 0 Å². The van der Waals surface area contributed by atoms with Gasteiger partial charge in [0.2, 0.25) is 0 Å². The molecule has 32 heavy (non-hydrogen) atoms. The number of hydrogen-bond acceptors (Lipinski definition) is 9. The van der Waals surface area contributed by atoms with E-state index in [9.17, 15) is 9.59 Å². The first-order valence-corrected chi connectivity index (χ1v) is 33.2. The molecule has 0 radical (unpaired) electrons. The fraction of sp³-hybridized carbons (Fsp3) is 0.176. The number of esters is 1. The Kier molecular flexibility index (Phi) is 16.4. The second-order valence-electron chi connectivity index (χ2n) is 5.31. The number of anilines is 4. The van der Waals surface area contributed by atoms with Crippen LogP contribution in [0.15, 0.2) is 24.3 Å². The molecule has 0 amide bonds. The van der Waals surface area contributed by atoms with Crippen molar-refractivity contribution in [2.45, 2.75) is 0 Å². The molecule has 0 fully saturated rings. The Hall–Kier alpha value is -0.170. The SMILES string of the molecule is COC(=O)c1ccc(N)c(N)c1OC.COc1c(C(=O)O)ccc(N)c1N.I[I-]I(I)I. The van der Waals surface area contributed by atoms with Crippen LogP contribution in [0.25, 0.3) is 0 Å².